The fourth-order valence-corrected chi connectivity index (χ4v) is 0.859. The van der Waals surface area contributed by atoms with Crippen molar-refractivity contribution in [2.75, 3.05) is 6.54 Å². The lowest BCUT2D eigenvalue weighted by molar-refractivity contribution is -0.107. The lowest BCUT2D eigenvalue weighted by atomic mass is 10.2. The minimum absolute atomic E-state index is 0.176. The highest BCUT2D eigenvalue weighted by Crippen LogP contribution is 2.04. The molecule has 0 rings (SSSR count). The standard InChI is InChI=1S/C9H18ClNO2/c1-9(2,3)13-11-6-4-5-8(10)7-12/h7-8,11H,4-6H2,1-3H3. The van der Waals surface area contributed by atoms with Gasteiger partial charge >= 0.3 is 0 Å². The lowest BCUT2D eigenvalue weighted by Crippen LogP contribution is -2.29. The van der Waals surface area contributed by atoms with Crippen LogP contribution in [0, 0.1) is 0 Å². The molecule has 0 fully saturated rings. The smallest absolute Gasteiger partial charge is 0.137 e. The second-order valence-electron chi connectivity index (χ2n) is 3.90. The minimum Gasteiger partial charge on any atom is -0.302 e. The third-order valence-electron chi connectivity index (χ3n) is 1.28. The van der Waals surface area contributed by atoms with E-state index >= 15 is 0 Å². The van der Waals surface area contributed by atoms with E-state index in [0.717, 1.165) is 12.7 Å². The molecule has 0 aromatic heterocycles. The van der Waals surface area contributed by atoms with Gasteiger partial charge in [-0.15, -0.1) is 11.6 Å². The maximum Gasteiger partial charge on any atom is 0.137 e. The van der Waals surface area contributed by atoms with Crippen molar-refractivity contribution < 1.29 is 9.63 Å². The van der Waals surface area contributed by atoms with Gasteiger partial charge in [-0.3, -0.25) is 4.84 Å². The summed E-state index contributed by atoms with van der Waals surface area (Å²) in [5, 5.41) is -0.364. The van der Waals surface area contributed by atoms with Crippen LogP contribution in [0.4, 0.5) is 0 Å². The van der Waals surface area contributed by atoms with Crippen molar-refractivity contribution in [3.63, 3.8) is 0 Å². The van der Waals surface area contributed by atoms with Gasteiger partial charge < -0.3 is 4.79 Å². The molecule has 0 aliphatic heterocycles. The SMILES string of the molecule is CC(C)(C)ONCCCC(Cl)C=O. The molecule has 0 spiro atoms. The topological polar surface area (TPSA) is 38.3 Å². The molecular weight excluding hydrogens is 190 g/mol. The maximum absolute atomic E-state index is 10.1. The number of rotatable bonds is 6. The highest BCUT2D eigenvalue weighted by atomic mass is 35.5. The molecule has 0 aromatic rings. The summed E-state index contributed by atoms with van der Waals surface area (Å²) in [5.41, 5.74) is 2.65. The number of hydroxylamine groups is 1. The normalized spacial score (nSPS) is 14.2. The van der Waals surface area contributed by atoms with Crippen LogP contribution in [0.2, 0.25) is 0 Å². The Hall–Kier alpha value is -0.120. The quantitative estimate of drug-likeness (QED) is 0.313. The Bertz CT molecular complexity index is 145. The van der Waals surface area contributed by atoms with Crippen LogP contribution in [0.5, 0.6) is 0 Å². The molecule has 0 bridgehead atoms. The second kappa shape index (κ2) is 6.35. The molecule has 0 amide bonds. The van der Waals surface area contributed by atoms with Crippen LogP contribution in [0.25, 0.3) is 0 Å². The van der Waals surface area contributed by atoms with Gasteiger partial charge in [0.1, 0.15) is 6.29 Å². The van der Waals surface area contributed by atoms with Crippen LogP contribution in [0.15, 0.2) is 0 Å². The molecule has 0 saturated heterocycles. The van der Waals surface area contributed by atoms with Crippen LogP contribution in [0.1, 0.15) is 33.6 Å². The summed E-state index contributed by atoms with van der Waals surface area (Å²) >= 11 is 5.60. The van der Waals surface area contributed by atoms with Crippen molar-refractivity contribution in [1.29, 1.82) is 0 Å². The Kier molecular flexibility index (Phi) is 6.29. The molecule has 0 aliphatic rings. The largest absolute Gasteiger partial charge is 0.302 e. The number of carbonyl (C=O) groups is 1. The van der Waals surface area contributed by atoms with Gasteiger partial charge in [-0.25, -0.2) is 5.48 Å². The molecule has 4 heteroatoms. The summed E-state index contributed by atoms with van der Waals surface area (Å²) in [4.78, 5) is 15.4. The second-order valence-corrected chi connectivity index (χ2v) is 4.46. The molecule has 78 valence electrons. The van der Waals surface area contributed by atoms with E-state index in [4.69, 9.17) is 16.4 Å². The van der Waals surface area contributed by atoms with Crippen molar-refractivity contribution in [3.05, 3.63) is 0 Å². The molecule has 3 nitrogen and oxygen atoms in total. The van der Waals surface area contributed by atoms with Gasteiger partial charge in [0.2, 0.25) is 0 Å². The molecule has 1 atom stereocenters. The summed E-state index contributed by atoms with van der Waals surface area (Å²) in [6.07, 6.45) is 2.28. The zero-order chi connectivity index (χ0) is 10.3. The summed E-state index contributed by atoms with van der Waals surface area (Å²) in [5.74, 6) is 0. The number of aldehydes is 1. The van der Waals surface area contributed by atoms with Crippen molar-refractivity contribution in [3.8, 4) is 0 Å². The van der Waals surface area contributed by atoms with Gasteiger partial charge in [0, 0.05) is 6.54 Å². The van der Waals surface area contributed by atoms with Gasteiger partial charge in [0.05, 0.1) is 11.0 Å². The van der Waals surface area contributed by atoms with Crippen LogP contribution in [-0.2, 0) is 9.63 Å². The van der Waals surface area contributed by atoms with Gasteiger partial charge in [0.25, 0.3) is 0 Å². The maximum atomic E-state index is 10.1. The van der Waals surface area contributed by atoms with Crippen molar-refractivity contribution in [1.82, 2.24) is 5.48 Å². The highest BCUT2D eigenvalue weighted by Gasteiger charge is 2.09. The summed E-state index contributed by atoms with van der Waals surface area (Å²) in [7, 11) is 0. The van der Waals surface area contributed by atoms with Crippen LogP contribution >= 0.6 is 11.6 Å². The Balaban J connectivity index is 3.22. The molecular formula is C9H18ClNO2. The third-order valence-corrected chi connectivity index (χ3v) is 1.61. The van der Waals surface area contributed by atoms with E-state index in [2.05, 4.69) is 5.48 Å². The van der Waals surface area contributed by atoms with Crippen LogP contribution in [-0.4, -0.2) is 23.8 Å². The van der Waals surface area contributed by atoms with Gasteiger partial charge in [-0.1, -0.05) is 0 Å². The molecule has 13 heavy (non-hydrogen) atoms. The van der Waals surface area contributed by atoms with Crippen LogP contribution in [0.3, 0.4) is 0 Å². The van der Waals surface area contributed by atoms with Crippen molar-refractivity contribution in [2.45, 2.75) is 44.6 Å². The van der Waals surface area contributed by atoms with Crippen molar-refractivity contribution >= 4 is 17.9 Å². The predicted octanol–water partition coefficient (Wildman–Crippen LogP) is 1.89. The third kappa shape index (κ3) is 9.80. The molecule has 0 aromatic carbocycles. The highest BCUT2D eigenvalue weighted by molar-refractivity contribution is 6.27. The summed E-state index contributed by atoms with van der Waals surface area (Å²) in [6.45, 7) is 6.62. The van der Waals surface area contributed by atoms with E-state index in [1.54, 1.807) is 0 Å². The Morgan fingerprint density at radius 1 is 1.54 bits per heavy atom. The molecule has 0 heterocycles. The molecule has 1 unspecified atom stereocenters. The Labute approximate surface area is 84.7 Å². The number of hydrogen-bond donors (Lipinski definition) is 1. The Morgan fingerprint density at radius 3 is 2.62 bits per heavy atom. The number of carbonyl (C=O) groups excluding carboxylic acids is 1. The molecule has 0 saturated carbocycles. The van der Waals surface area contributed by atoms with Gasteiger partial charge in [-0.05, 0) is 33.6 Å². The van der Waals surface area contributed by atoms with Crippen LogP contribution < -0.4 is 5.48 Å². The fraction of sp³-hybridized carbons (Fsp3) is 0.889. The molecule has 0 radical (unpaired) electrons. The summed E-state index contributed by atoms with van der Waals surface area (Å²) in [6, 6.07) is 0. The first-order valence-corrected chi connectivity index (χ1v) is 4.89. The number of hydrogen-bond acceptors (Lipinski definition) is 3. The number of alkyl halides is 1. The average Bonchev–Trinajstić information content (AvgIpc) is 2.01. The minimum atomic E-state index is -0.364. The van der Waals surface area contributed by atoms with E-state index in [0.29, 0.717) is 13.0 Å². The summed E-state index contributed by atoms with van der Waals surface area (Å²) < 4.78 is 0. The monoisotopic (exact) mass is 207 g/mol. The average molecular weight is 208 g/mol. The number of nitrogens with one attached hydrogen (secondary N) is 1. The van der Waals surface area contributed by atoms with E-state index in [1.807, 2.05) is 20.8 Å². The molecule has 1 N–H and O–H groups in total. The first-order chi connectivity index (χ1) is 5.95. The van der Waals surface area contributed by atoms with E-state index in [-0.39, 0.29) is 11.0 Å². The Morgan fingerprint density at radius 2 is 2.15 bits per heavy atom. The van der Waals surface area contributed by atoms with E-state index < -0.39 is 0 Å². The van der Waals surface area contributed by atoms with Crippen molar-refractivity contribution in [2.24, 2.45) is 0 Å². The predicted molar refractivity (Wildman–Crippen MR) is 53.8 cm³/mol. The fourth-order valence-electron chi connectivity index (χ4n) is 0.705. The molecule has 0 aliphatic carbocycles. The number of halogens is 1. The first-order valence-electron chi connectivity index (χ1n) is 4.46. The lowest BCUT2D eigenvalue weighted by Gasteiger charge is -2.19. The first kappa shape index (κ1) is 12.9. The zero-order valence-electron chi connectivity index (χ0n) is 8.47. The van der Waals surface area contributed by atoms with E-state index in [9.17, 15) is 4.79 Å². The van der Waals surface area contributed by atoms with Gasteiger partial charge in [0.15, 0.2) is 0 Å². The van der Waals surface area contributed by atoms with E-state index in [1.165, 1.54) is 0 Å². The zero-order valence-corrected chi connectivity index (χ0v) is 9.23. The van der Waals surface area contributed by atoms with Gasteiger partial charge in [-0.2, -0.15) is 0 Å².